The van der Waals surface area contributed by atoms with Crippen LogP contribution < -0.4 is 5.43 Å². The predicted octanol–water partition coefficient (Wildman–Crippen LogP) is 3.56. The van der Waals surface area contributed by atoms with Crippen molar-refractivity contribution in [2.24, 2.45) is 0 Å². The molecule has 1 aromatic heterocycles. The number of aryl methyl sites for hydroxylation is 3. The van der Waals surface area contributed by atoms with Crippen molar-refractivity contribution in [1.82, 2.24) is 4.68 Å². The number of carbonyl (C=O) groups excluding carboxylic acids is 1. The van der Waals surface area contributed by atoms with Gasteiger partial charge in [0.15, 0.2) is 0 Å². The molecule has 2 rings (SSSR count). The van der Waals surface area contributed by atoms with E-state index in [2.05, 4.69) is 21.4 Å². The Morgan fingerprint density at radius 1 is 1.11 bits per heavy atom. The minimum absolute atomic E-state index is 0.109. The van der Waals surface area contributed by atoms with Crippen LogP contribution in [0.15, 0.2) is 34.8 Å². The van der Waals surface area contributed by atoms with E-state index in [0.717, 1.165) is 21.4 Å². The smallest absolute Gasteiger partial charge is 0.267 e. The number of hydrogen-bond donors (Lipinski definition) is 1. The van der Waals surface area contributed by atoms with Crippen LogP contribution in [0.25, 0.3) is 0 Å². The molecule has 3 nitrogen and oxygen atoms in total. The summed E-state index contributed by atoms with van der Waals surface area (Å²) in [6.45, 7) is 5.88. The summed E-state index contributed by atoms with van der Waals surface area (Å²) in [5, 5.41) is 0. The first-order valence-corrected chi connectivity index (χ1v) is 6.50. The first-order chi connectivity index (χ1) is 8.47. The lowest BCUT2D eigenvalue weighted by molar-refractivity contribution is 0.101. The second kappa shape index (κ2) is 4.98. The number of amides is 1. The van der Waals surface area contributed by atoms with E-state index in [-0.39, 0.29) is 5.91 Å². The van der Waals surface area contributed by atoms with Gasteiger partial charge in [0.1, 0.15) is 0 Å². The molecule has 1 aromatic carbocycles. The largest absolute Gasteiger partial charge is 0.270 e. The molecule has 18 heavy (non-hydrogen) atoms. The van der Waals surface area contributed by atoms with Gasteiger partial charge in [-0.1, -0.05) is 15.9 Å². The van der Waals surface area contributed by atoms with Crippen LogP contribution in [0.5, 0.6) is 0 Å². The first kappa shape index (κ1) is 12.9. The maximum absolute atomic E-state index is 12.2. The molecule has 2 aromatic rings. The van der Waals surface area contributed by atoms with Gasteiger partial charge in [0.25, 0.3) is 5.91 Å². The fourth-order valence-corrected chi connectivity index (χ4v) is 2.49. The number of nitrogens with zero attached hydrogens (tertiary/aromatic N) is 1. The quantitative estimate of drug-likeness (QED) is 0.904. The Kier molecular flexibility index (Phi) is 3.57. The highest BCUT2D eigenvalue weighted by molar-refractivity contribution is 9.10. The monoisotopic (exact) mass is 306 g/mol. The number of nitrogens with one attached hydrogen (secondary N) is 1. The van der Waals surface area contributed by atoms with E-state index >= 15 is 0 Å². The van der Waals surface area contributed by atoms with Crippen LogP contribution in [0.4, 0.5) is 0 Å². The highest BCUT2D eigenvalue weighted by Gasteiger charge is 2.09. The van der Waals surface area contributed by atoms with Crippen molar-refractivity contribution in [1.29, 1.82) is 0 Å². The molecule has 0 atom stereocenters. The lowest BCUT2D eigenvalue weighted by Gasteiger charge is -2.11. The number of halogens is 1. The van der Waals surface area contributed by atoms with Gasteiger partial charge in [-0.3, -0.25) is 14.9 Å². The van der Waals surface area contributed by atoms with Crippen LogP contribution in [0, 0.1) is 20.8 Å². The zero-order chi connectivity index (χ0) is 13.3. The van der Waals surface area contributed by atoms with Crippen LogP contribution in [-0.4, -0.2) is 10.6 Å². The van der Waals surface area contributed by atoms with E-state index in [1.807, 2.05) is 51.1 Å². The second-order valence-electron chi connectivity index (χ2n) is 4.41. The minimum atomic E-state index is -0.109. The Morgan fingerprint density at radius 2 is 1.72 bits per heavy atom. The summed E-state index contributed by atoms with van der Waals surface area (Å²) in [5.74, 6) is -0.109. The molecule has 0 radical (unpaired) electrons. The Balaban J connectivity index is 2.27. The molecule has 4 heteroatoms. The van der Waals surface area contributed by atoms with Crippen molar-refractivity contribution in [2.45, 2.75) is 20.8 Å². The Bertz CT molecular complexity index is 562. The third-order valence-corrected chi connectivity index (χ3v) is 3.25. The molecule has 0 saturated carbocycles. The van der Waals surface area contributed by atoms with Gasteiger partial charge in [-0.2, -0.15) is 0 Å². The number of rotatable bonds is 2. The van der Waals surface area contributed by atoms with Crippen molar-refractivity contribution >= 4 is 21.8 Å². The van der Waals surface area contributed by atoms with Gasteiger partial charge >= 0.3 is 0 Å². The van der Waals surface area contributed by atoms with Crippen molar-refractivity contribution in [3.05, 3.63) is 57.3 Å². The summed E-state index contributed by atoms with van der Waals surface area (Å²) in [4.78, 5) is 12.2. The van der Waals surface area contributed by atoms with E-state index in [4.69, 9.17) is 0 Å². The summed E-state index contributed by atoms with van der Waals surface area (Å²) in [6, 6.07) is 9.61. The average Bonchev–Trinajstić information content (AvgIpc) is 2.59. The van der Waals surface area contributed by atoms with Crippen molar-refractivity contribution < 1.29 is 4.79 Å². The molecule has 0 spiro atoms. The zero-order valence-corrected chi connectivity index (χ0v) is 12.2. The first-order valence-electron chi connectivity index (χ1n) is 5.71. The van der Waals surface area contributed by atoms with Gasteiger partial charge in [-0.15, -0.1) is 0 Å². The van der Waals surface area contributed by atoms with Crippen LogP contribution in [0.3, 0.4) is 0 Å². The van der Waals surface area contributed by atoms with E-state index in [1.165, 1.54) is 0 Å². The maximum atomic E-state index is 12.2. The van der Waals surface area contributed by atoms with Crippen molar-refractivity contribution in [2.75, 3.05) is 5.43 Å². The molecule has 0 saturated heterocycles. The molecule has 1 N–H and O–H groups in total. The topological polar surface area (TPSA) is 34.0 Å². The SMILES string of the molecule is Cc1cc(Br)cc(C(=O)Nn2c(C)ccc2C)c1. The summed E-state index contributed by atoms with van der Waals surface area (Å²) in [5.41, 5.74) is 6.60. The standard InChI is InChI=1S/C14H15BrN2O/c1-9-6-12(8-13(15)7-9)14(18)16-17-10(2)4-5-11(17)3/h4-8H,1-3H3,(H,16,18). The van der Waals surface area contributed by atoms with Crippen molar-refractivity contribution in [3.63, 3.8) is 0 Å². The van der Waals surface area contributed by atoms with Crippen molar-refractivity contribution in [3.8, 4) is 0 Å². The van der Waals surface area contributed by atoms with Gasteiger partial charge in [0, 0.05) is 21.4 Å². The fraction of sp³-hybridized carbons (Fsp3) is 0.214. The minimum Gasteiger partial charge on any atom is -0.267 e. The van der Waals surface area contributed by atoms with Gasteiger partial charge in [0.05, 0.1) is 0 Å². The van der Waals surface area contributed by atoms with E-state index in [0.29, 0.717) is 5.56 Å². The normalized spacial score (nSPS) is 10.4. The average molecular weight is 307 g/mol. The fourth-order valence-electron chi connectivity index (χ4n) is 1.88. The molecule has 1 amide bonds. The molecule has 0 aliphatic carbocycles. The lowest BCUT2D eigenvalue weighted by Crippen LogP contribution is -2.24. The molecular formula is C14H15BrN2O. The number of hydrogen-bond acceptors (Lipinski definition) is 1. The van der Waals surface area contributed by atoms with Gasteiger partial charge in [-0.05, 0) is 56.7 Å². The second-order valence-corrected chi connectivity index (χ2v) is 5.33. The predicted molar refractivity (Wildman–Crippen MR) is 76.5 cm³/mol. The van der Waals surface area contributed by atoms with Gasteiger partial charge < -0.3 is 0 Å². The van der Waals surface area contributed by atoms with Crippen LogP contribution in [-0.2, 0) is 0 Å². The van der Waals surface area contributed by atoms with E-state index in [1.54, 1.807) is 4.68 Å². The Labute approximate surface area is 115 Å². The number of benzene rings is 1. The van der Waals surface area contributed by atoms with Crippen LogP contribution >= 0.6 is 15.9 Å². The molecule has 1 heterocycles. The molecule has 0 bridgehead atoms. The highest BCUT2D eigenvalue weighted by atomic mass is 79.9. The number of carbonyl (C=O) groups is 1. The van der Waals surface area contributed by atoms with Gasteiger partial charge in [0.2, 0.25) is 0 Å². The Morgan fingerprint density at radius 3 is 2.28 bits per heavy atom. The summed E-state index contributed by atoms with van der Waals surface area (Å²) in [7, 11) is 0. The van der Waals surface area contributed by atoms with E-state index < -0.39 is 0 Å². The summed E-state index contributed by atoms with van der Waals surface area (Å²) < 4.78 is 2.70. The molecule has 0 aliphatic rings. The highest BCUT2D eigenvalue weighted by Crippen LogP contribution is 2.16. The zero-order valence-electron chi connectivity index (χ0n) is 10.6. The molecule has 0 unspecified atom stereocenters. The lowest BCUT2D eigenvalue weighted by atomic mass is 10.1. The van der Waals surface area contributed by atoms with Gasteiger partial charge in [-0.25, -0.2) is 0 Å². The third kappa shape index (κ3) is 2.64. The molecule has 0 aliphatic heterocycles. The molecule has 94 valence electrons. The van der Waals surface area contributed by atoms with Crippen LogP contribution in [0.1, 0.15) is 27.3 Å². The number of aromatic nitrogens is 1. The third-order valence-electron chi connectivity index (χ3n) is 2.79. The summed E-state index contributed by atoms with van der Waals surface area (Å²) in [6.07, 6.45) is 0. The Hall–Kier alpha value is -1.55. The summed E-state index contributed by atoms with van der Waals surface area (Å²) >= 11 is 3.40. The molecular weight excluding hydrogens is 292 g/mol. The van der Waals surface area contributed by atoms with E-state index in [9.17, 15) is 4.79 Å². The van der Waals surface area contributed by atoms with Crippen LogP contribution in [0.2, 0.25) is 0 Å². The molecule has 0 fully saturated rings. The maximum Gasteiger partial charge on any atom is 0.270 e.